The van der Waals surface area contributed by atoms with Crippen LogP contribution in [0.5, 0.6) is 0 Å². The first kappa shape index (κ1) is 12.6. The highest BCUT2D eigenvalue weighted by molar-refractivity contribution is 7.85. The van der Waals surface area contributed by atoms with E-state index in [1.807, 2.05) is 0 Å². The lowest BCUT2D eigenvalue weighted by Gasteiger charge is -2.21. The summed E-state index contributed by atoms with van der Waals surface area (Å²) in [6.07, 6.45) is 3.32. The molecule has 5 heteroatoms. The van der Waals surface area contributed by atoms with Crippen LogP contribution in [0.15, 0.2) is 0 Å². The van der Waals surface area contributed by atoms with Crippen LogP contribution in [0.3, 0.4) is 0 Å². The van der Waals surface area contributed by atoms with Gasteiger partial charge in [-0.25, -0.2) is 0 Å². The Balaban J connectivity index is 2.09. The Morgan fingerprint density at radius 1 is 1.33 bits per heavy atom. The normalized spacial score (nSPS) is 20.0. The third kappa shape index (κ3) is 5.28. The second-order valence-corrected chi connectivity index (χ2v) is 5.58. The highest BCUT2D eigenvalue weighted by Crippen LogP contribution is 2.14. The van der Waals surface area contributed by atoms with Crippen LogP contribution in [-0.2, 0) is 20.3 Å². The first-order valence-corrected chi connectivity index (χ1v) is 6.75. The Labute approximate surface area is 92.5 Å². The number of hydrogen-bond acceptors (Lipinski definition) is 3. The summed E-state index contributed by atoms with van der Waals surface area (Å²) in [6, 6.07) is 0. The first-order chi connectivity index (χ1) is 7.20. The topological polar surface area (TPSA) is 63.6 Å². The molecular weight excluding hydrogens is 216 g/mol. The van der Waals surface area contributed by atoms with Gasteiger partial charge in [0.2, 0.25) is 0 Å². The van der Waals surface area contributed by atoms with Gasteiger partial charge < -0.3 is 9.84 Å². The van der Waals surface area contributed by atoms with Crippen LogP contribution >= 0.6 is 0 Å². The molecule has 1 aliphatic rings. The predicted octanol–water partition coefficient (Wildman–Crippen LogP) is 1.17. The molecule has 0 aliphatic carbocycles. The maximum Gasteiger partial charge on any atom is 0.303 e. The highest BCUT2D eigenvalue weighted by atomic mass is 32.2. The van der Waals surface area contributed by atoms with E-state index in [9.17, 15) is 9.00 Å². The molecule has 0 aromatic carbocycles. The molecule has 15 heavy (non-hydrogen) atoms. The van der Waals surface area contributed by atoms with Crippen LogP contribution in [0.2, 0.25) is 0 Å². The number of carboxylic acids is 1. The van der Waals surface area contributed by atoms with Gasteiger partial charge in [-0.1, -0.05) is 0 Å². The first-order valence-electron chi connectivity index (χ1n) is 5.37. The molecule has 1 unspecified atom stereocenters. The molecule has 4 nitrogen and oxygen atoms in total. The molecule has 1 atom stereocenters. The standard InChI is InChI=1S/C10H18O4S/c11-10(12)3-1-2-8-15(13)9-4-6-14-7-5-9/h9H,1-8H2,(H,11,12). The van der Waals surface area contributed by atoms with Crippen LogP contribution in [0.1, 0.15) is 32.1 Å². The number of carbonyl (C=O) groups is 1. The largest absolute Gasteiger partial charge is 0.481 e. The van der Waals surface area contributed by atoms with Crippen molar-refractivity contribution in [1.29, 1.82) is 0 Å². The minimum Gasteiger partial charge on any atom is -0.481 e. The third-order valence-electron chi connectivity index (χ3n) is 2.53. The zero-order valence-electron chi connectivity index (χ0n) is 8.81. The Bertz CT molecular complexity index is 223. The number of rotatable bonds is 6. The van der Waals surface area contributed by atoms with E-state index >= 15 is 0 Å². The fourth-order valence-electron chi connectivity index (χ4n) is 1.63. The number of unbranched alkanes of at least 4 members (excludes halogenated alkanes) is 1. The monoisotopic (exact) mass is 234 g/mol. The van der Waals surface area contributed by atoms with Crippen LogP contribution in [0.25, 0.3) is 0 Å². The lowest BCUT2D eigenvalue weighted by molar-refractivity contribution is -0.137. The molecule has 1 saturated heterocycles. The summed E-state index contributed by atoms with van der Waals surface area (Å²) < 4.78 is 16.9. The Hall–Kier alpha value is -0.420. The summed E-state index contributed by atoms with van der Waals surface area (Å²) in [4.78, 5) is 10.3. The molecule has 88 valence electrons. The number of ether oxygens (including phenoxy) is 1. The van der Waals surface area contributed by atoms with E-state index in [4.69, 9.17) is 9.84 Å². The SMILES string of the molecule is O=C(O)CCCCS(=O)C1CCOCC1. The second-order valence-electron chi connectivity index (χ2n) is 3.75. The van der Waals surface area contributed by atoms with Gasteiger partial charge in [0.1, 0.15) is 0 Å². The van der Waals surface area contributed by atoms with Gasteiger partial charge in [-0.15, -0.1) is 0 Å². The molecule has 0 aromatic heterocycles. The number of hydrogen-bond donors (Lipinski definition) is 1. The zero-order valence-corrected chi connectivity index (χ0v) is 9.63. The lowest BCUT2D eigenvalue weighted by Crippen LogP contribution is -2.26. The van der Waals surface area contributed by atoms with E-state index < -0.39 is 16.8 Å². The molecular formula is C10H18O4S. The van der Waals surface area contributed by atoms with E-state index in [1.54, 1.807) is 0 Å². The lowest BCUT2D eigenvalue weighted by atomic mass is 10.2. The minimum atomic E-state index is -0.794. The molecule has 1 fully saturated rings. The van der Waals surface area contributed by atoms with E-state index in [1.165, 1.54) is 0 Å². The summed E-state index contributed by atoms with van der Waals surface area (Å²) in [5.74, 6) is -0.135. The zero-order chi connectivity index (χ0) is 11.1. The summed E-state index contributed by atoms with van der Waals surface area (Å²) in [5, 5.41) is 8.70. The van der Waals surface area contributed by atoms with Crippen molar-refractivity contribution < 1.29 is 18.8 Å². The van der Waals surface area contributed by atoms with Crippen LogP contribution in [0.4, 0.5) is 0 Å². The average Bonchev–Trinajstić information content (AvgIpc) is 2.25. The highest BCUT2D eigenvalue weighted by Gasteiger charge is 2.19. The van der Waals surface area contributed by atoms with Crippen molar-refractivity contribution in [3.63, 3.8) is 0 Å². The molecule has 1 N–H and O–H groups in total. The van der Waals surface area contributed by atoms with Crippen LogP contribution in [-0.4, -0.2) is 39.5 Å². The summed E-state index contributed by atoms with van der Waals surface area (Å²) >= 11 is 0. The van der Waals surface area contributed by atoms with E-state index in [0.29, 0.717) is 25.4 Å². The second kappa shape index (κ2) is 6.95. The maximum atomic E-state index is 11.8. The quantitative estimate of drug-likeness (QED) is 0.701. The molecule has 0 aromatic rings. The molecule has 1 aliphatic heterocycles. The van der Waals surface area contributed by atoms with Gasteiger partial charge in [0.15, 0.2) is 0 Å². The van der Waals surface area contributed by atoms with Crippen LogP contribution in [0, 0.1) is 0 Å². The Morgan fingerprint density at radius 2 is 2.00 bits per heavy atom. The number of aliphatic carboxylic acids is 1. The van der Waals surface area contributed by atoms with Gasteiger partial charge >= 0.3 is 5.97 Å². The molecule has 0 radical (unpaired) electrons. The van der Waals surface area contributed by atoms with Crippen molar-refractivity contribution >= 4 is 16.8 Å². The summed E-state index contributed by atoms with van der Waals surface area (Å²) in [5.41, 5.74) is 0. The Kier molecular flexibility index (Phi) is 5.86. The molecule has 0 bridgehead atoms. The van der Waals surface area contributed by atoms with Crippen LogP contribution < -0.4 is 0 Å². The van der Waals surface area contributed by atoms with Crippen molar-refractivity contribution in [1.82, 2.24) is 0 Å². The molecule has 1 heterocycles. The predicted molar refractivity (Wildman–Crippen MR) is 58.3 cm³/mol. The van der Waals surface area contributed by atoms with E-state index in [0.717, 1.165) is 19.3 Å². The summed E-state index contributed by atoms with van der Waals surface area (Å²) in [6.45, 7) is 1.43. The molecule has 0 saturated carbocycles. The maximum absolute atomic E-state index is 11.8. The van der Waals surface area contributed by atoms with Crippen molar-refractivity contribution in [2.24, 2.45) is 0 Å². The van der Waals surface area contributed by atoms with E-state index in [2.05, 4.69) is 0 Å². The Morgan fingerprint density at radius 3 is 2.60 bits per heavy atom. The van der Waals surface area contributed by atoms with Gasteiger partial charge in [-0.3, -0.25) is 9.00 Å². The van der Waals surface area contributed by atoms with Gasteiger partial charge in [0, 0.05) is 41.4 Å². The molecule has 0 amide bonds. The van der Waals surface area contributed by atoms with Crippen molar-refractivity contribution in [2.75, 3.05) is 19.0 Å². The molecule has 0 spiro atoms. The van der Waals surface area contributed by atoms with Gasteiger partial charge in [-0.05, 0) is 25.7 Å². The van der Waals surface area contributed by atoms with Crippen molar-refractivity contribution in [2.45, 2.75) is 37.4 Å². The van der Waals surface area contributed by atoms with Crippen molar-refractivity contribution in [3.05, 3.63) is 0 Å². The van der Waals surface area contributed by atoms with Crippen molar-refractivity contribution in [3.8, 4) is 0 Å². The van der Waals surface area contributed by atoms with Gasteiger partial charge in [-0.2, -0.15) is 0 Å². The average molecular weight is 234 g/mol. The smallest absolute Gasteiger partial charge is 0.303 e. The number of carboxylic acid groups (broad SMARTS) is 1. The van der Waals surface area contributed by atoms with E-state index in [-0.39, 0.29) is 11.7 Å². The van der Waals surface area contributed by atoms with Gasteiger partial charge in [0.25, 0.3) is 0 Å². The fraction of sp³-hybridized carbons (Fsp3) is 0.900. The third-order valence-corrected chi connectivity index (χ3v) is 4.43. The van der Waals surface area contributed by atoms with Gasteiger partial charge in [0.05, 0.1) is 0 Å². The minimum absolute atomic E-state index is 0.185. The molecule has 1 rings (SSSR count). The summed E-state index contributed by atoms with van der Waals surface area (Å²) in [7, 11) is -0.794. The fourth-order valence-corrected chi connectivity index (χ4v) is 3.17.